The first-order valence-corrected chi connectivity index (χ1v) is 7.27. The van der Waals surface area contributed by atoms with Gasteiger partial charge in [0.15, 0.2) is 4.77 Å². The second-order valence-electron chi connectivity index (χ2n) is 4.06. The van der Waals surface area contributed by atoms with Gasteiger partial charge in [-0.15, -0.1) is 6.58 Å². The van der Waals surface area contributed by atoms with Crippen LogP contribution in [0.4, 0.5) is 4.39 Å². The van der Waals surface area contributed by atoms with Crippen molar-refractivity contribution < 1.29 is 4.39 Å². The fourth-order valence-corrected chi connectivity index (χ4v) is 2.77. The van der Waals surface area contributed by atoms with E-state index in [1.807, 2.05) is 16.7 Å². The summed E-state index contributed by atoms with van der Waals surface area (Å²) in [5.41, 5.74) is 2.37. The van der Waals surface area contributed by atoms with Gasteiger partial charge in [-0.2, -0.15) is 11.8 Å². The molecule has 0 aliphatic rings. The Kier molecular flexibility index (Phi) is 4.24. The van der Waals surface area contributed by atoms with Gasteiger partial charge in [0.2, 0.25) is 0 Å². The number of rotatable bonds is 5. The van der Waals surface area contributed by atoms with E-state index in [2.05, 4.69) is 11.6 Å². The van der Waals surface area contributed by atoms with E-state index in [0.29, 0.717) is 10.3 Å². The van der Waals surface area contributed by atoms with Crippen molar-refractivity contribution in [2.45, 2.75) is 13.5 Å². The first-order valence-electron chi connectivity index (χ1n) is 5.71. The average molecular weight is 282 g/mol. The van der Waals surface area contributed by atoms with Crippen LogP contribution in [0.5, 0.6) is 0 Å². The highest BCUT2D eigenvalue weighted by molar-refractivity contribution is 7.99. The molecule has 1 aromatic carbocycles. The molecule has 0 aliphatic heterocycles. The zero-order chi connectivity index (χ0) is 13.1. The van der Waals surface area contributed by atoms with Crippen molar-refractivity contribution in [2.75, 3.05) is 11.5 Å². The number of aromatic amines is 1. The highest BCUT2D eigenvalue weighted by Gasteiger charge is 2.07. The van der Waals surface area contributed by atoms with Crippen LogP contribution in [0.25, 0.3) is 11.0 Å². The Hall–Kier alpha value is -1.07. The van der Waals surface area contributed by atoms with Crippen LogP contribution in [0.2, 0.25) is 0 Å². The van der Waals surface area contributed by atoms with E-state index in [-0.39, 0.29) is 5.82 Å². The number of nitrogens with zero attached hydrogens (tertiary/aromatic N) is 1. The highest BCUT2D eigenvalue weighted by Crippen LogP contribution is 2.19. The third-order valence-corrected chi connectivity index (χ3v) is 4.01. The van der Waals surface area contributed by atoms with Gasteiger partial charge in [-0.3, -0.25) is 0 Å². The number of benzene rings is 1. The Morgan fingerprint density at radius 2 is 2.33 bits per heavy atom. The fourth-order valence-electron chi connectivity index (χ4n) is 1.83. The molecule has 0 atom stereocenters. The minimum atomic E-state index is -0.202. The zero-order valence-corrected chi connectivity index (χ0v) is 11.8. The van der Waals surface area contributed by atoms with Gasteiger partial charge in [0.1, 0.15) is 5.82 Å². The van der Waals surface area contributed by atoms with Gasteiger partial charge in [-0.05, 0) is 36.8 Å². The minimum absolute atomic E-state index is 0.202. The molecule has 1 N–H and O–H groups in total. The van der Waals surface area contributed by atoms with Gasteiger partial charge in [-0.25, -0.2) is 4.39 Å². The number of H-pyrrole nitrogens is 1. The Morgan fingerprint density at radius 1 is 1.56 bits per heavy atom. The molecule has 0 amide bonds. The number of thioether (sulfide) groups is 1. The lowest BCUT2D eigenvalue weighted by atomic mass is 10.2. The normalized spacial score (nSPS) is 11.0. The molecule has 0 fully saturated rings. The summed E-state index contributed by atoms with van der Waals surface area (Å²) in [5, 5.41) is 0. The molecule has 2 nitrogen and oxygen atoms in total. The van der Waals surface area contributed by atoms with Gasteiger partial charge in [0.25, 0.3) is 0 Å². The number of hydrogen-bond acceptors (Lipinski definition) is 2. The molecule has 0 bridgehead atoms. The molecule has 0 saturated carbocycles. The van der Waals surface area contributed by atoms with Gasteiger partial charge < -0.3 is 9.55 Å². The molecular weight excluding hydrogens is 267 g/mol. The molecule has 2 rings (SSSR count). The number of fused-ring (bicyclic) bond motifs is 1. The molecule has 0 aliphatic carbocycles. The summed E-state index contributed by atoms with van der Waals surface area (Å²) in [7, 11) is 0. The molecule has 5 heteroatoms. The molecule has 1 heterocycles. The maximum absolute atomic E-state index is 13.5. The summed E-state index contributed by atoms with van der Waals surface area (Å²) in [6.07, 6.45) is 1.89. The lowest BCUT2D eigenvalue weighted by molar-refractivity contribution is 0.620. The number of nitrogens with one attached hydrogen (secondary N) is 1. The Morgan fingerprint density at radius 3 is 3.06 bits per heavy atom. The van der Waals surface area contributed by atoms with Crippen LogP contribution in [0.3, 0.4) is 0 Å². The summed E-state index contributed by atoms with van der Waals surface area (Å²) in [6, 6.07) is 3.35. The molecule has 18 heavy (non-hydrogen) atoms. The maximum Gasteiger partial charge on any atom is 0.178 e. The van der Waals surface area contributed by atoms with Crippen molar-refractivity contribution in [2.24, 2.45) is 0 Å². The standard InChI is InChI=1S/C13H15FN2S2/c1-3-5-18-6-4-16-12-7-9(2)10(14)8-11(12)15-13(16)17/h3,7-8H,1,4-6H2,2H3,(H,15,17). The summed E-state index contributed by atoms with van der Waals surface area (Å²) in [4.78, 5) is 3.04. The van der Waals surface area contributed by atoms with Crippen LogP contribution in [-0.2, 0) is 6.54 Å². The second kappa shape index (κ2) is 5.71. The molecule has 0 unspecified atom stereocenters. The van der Waals surface area contributed by atoms with Crippen molar-refractivity contribution >= 4 is 35.0 Å². The summed E-state index contributed by atoms with van der Waals surface area (Å²) in [5.74, 6) is 1.69. The van der Waals surface area contributed by atoms with E-state index in [1.54, 1.807) is 18.7 Å². The molecule has 1 aromatic heterocycles. The largest absolute Gasteiger partial charge is 0.330 e. The van der Waals surface area contributed by atoms with Crippen molar-refractivity contribution in [3.05, 3.63) is 40.9 Å². The van der Waals surface area contributed by atoms with Crippen molar-refractivity contribution in [3.8, 4) is 0 Å². The van der Waals surface area contributed by atoms with E-state index in [9.17, 15) is 4.39 Å². The first-order chi connectivity index (χ1) is 8.63. The van der Waals surface area contributed by atoms with Crippen LogP contribution in [0.1, 0.15) is 5.56 Å². The number of halogens is 1. The summed E-state index contributed by atoms with van der Waals surface area (Å²) in [6.45, 7) is 6.28. The van der Waals surface area contributed by atoms with Crippen LogP contribution >= 0.6 is 24.0 Å². The SMILES string of the molecule is C=CCSCCn1c(=S)[nH]c2cc(F)c(C)cc21. The van der Waals surface area contributed by atoms with E-state index in [0.717, 1.165) is 29.1 Å². The van der Waals surface area contributed by atoms with Crippen molar-refractivity contribution in [1.82, 2.24) is 9.55 Å². The lowest BCUT2D eigenvalue weighted by Gasteiger charge is -2.04. The van der Waals surface area contributed by atoms with Gasteiger partial charge >= 0.3 is 0 Å². The smallest absolute Gasteiger partial charge is 0.178 e. The Bertz CT molecular complexity index is 628. The summed E-state index contributed by atoms with van der Waals surface area (Å²) < 4.78 is 16.1. The molecule has 96 valence electrons. The molecular formula is C13H15FN2S2. The Labute approximate surface area is 115 Å². The topological polar surface area (TPSA) is 20.7 Å². The number of aryl methyl sites for hydroxylation is 2. The van der Waals surface area contributed by atoms with E-state index in [4.69, 9.17) is 12.2 Å². The number of aromatic nitrogens is 2. The lowest BCUT2D eigenvalue weighted by Crippen LogP contribution is -2.01. The second-order valence-corrected chi connectivity index (χ2v) is 5.60. The molecule has 0 spiro atoms. The molecule has 0 saturated heterocycles. The zero-order valence-electron chi connectivity index (χ0n) is 10.2. The summed E-state index contributed by atoms with van der Waals surface area (Å²) >= 11 is 7.08. The van der Waals surface area contributed by atoms with Crippen LogP contribution in [-0.4, -0.2) is 21.1 Å². The first kappa shape index (κ1) is 13.4. The molecule has 2 aromatic rings. The maximum atomic E-state index is 13.5. The number of imidazole rings is 1. The average Bonchev–Trinajstić information content (AvgIpc) is 2.62. The van der Waals surface area contributed by atoms with Gasteiger partial charge in [0, 0.05) is 18.1 Å². The monoisotopic (exact) mass is 282 g/mol. The Balaban J connectivity index is 2.32. The van der Waals surface area contributed by atoms with Gasteiger partial charge in [0.05, 0.1) is 11.0 Å². The van der Waals surface area contributed by atoms with E-state index < -0.39 is 0 Å². The highest BCUT2D eigenvalue weighted by atomic mass is 32.2. The predicted molar refractivity (Wildman–Crippen MR) is 79.3 cm³/mol. The minimum Gasteiger partial charge on any atom is -0.330 e. The third kappa shape index (κ3) is 2.67. The third-order valence-electron chi connectivity index (χ3n) is 2.75. The van der Waals surface area contributed by atoms with Crippen LogP contribution in [0, 0.1) is 17.5 Å². The number of hydrogen-bond donors (Lipinski definition) is 1. The predicted octanol–water partition coefficient (Wildman–Crippen LogP) is 4.07. The van der Waals surface area contributed by atoms with Crippen molar-refractivity contribution in [3.63, 3.8) is 0 Å². The fraction of sp³-hybridized carbons (Fsp3) is 0.308. The van der Waals surface area contributed by atoms with Gasteiger partial charge in [-0.1, -0.05) is 6.08 Å². The van der Waals surface area contributed by atoms with Crippen molar-refractivity contribution in [1.29, 1.82) is 0 Å². The molecule has 0 radical (unpaired) electrons. The quantitative estimate of drug-likeness (QED) is 0.507. The van der Waals surface area contributed by atoms with Crippen LogP contribution in [0.15, 0.2) is 24.8 Å². The van der Waals surface area contributed by atoms with E-state index in [1.165, 1.54) is 6.07 Å². The van der Waals surface area contributed by atoms with Crippen LogP contribution < -0.4 is 0 Å². The van der Waals surface area contributed by atoms with E-state index >= 15 is 0 Å².